The van der Waals surface area contributed by atoms with Crippen molar-refractivity contribution in [2.75, 3.05) is 49.9 Å². The standard InChI is InChI=1S/C20H25N5O2/c21-16-6-8-18(9-7-16)25(17-4-2-1-3-5-17)20(27)19(26)23-12-15-24-13-10-22-11-14-24/h1-9,22H,10-15,21H2,(H,23,26). The van der Waals surface area contributed by atoms with Gasteiger partial charge in [0.1, 0.15) is 0 Å². The van der Waals surface area contributed by atoms with E-state index >= 15 is 0 Å². The van der Waals surface area contributed by atoms with Gasteiger partial charge in [0.05, 0.1) is 0 Å². The van der Waals surface area contributed by atoms with Crippen LogP contribution >= 0.6 is 0 Å². The molecule has 1 aliphatic rings. The Bertz CT molecular complexity index is 758. The highest BCUT2D eigenvalue weighted by molar-refractivity contribution is 6.42. The van der Waals surface area contributed by atoms with Gasteiger partial charge in [0.15, 0.2) is 0 Å². The average Bonchev–Trinajstić information content (AvgIpc) is 2.71. The molecule has 0 bridgehead atoms. The predicted molar refractivity (Wildman–Crippen MR) is 107 cm³/mol. The third-order valence-corrected chi connectivity index (χ3v) is 4.49. The number of piperazine rings is 1. The molecule has 27 heavy (non-hydrogen) atoms. The minimum atomic E-state index is -0.620. The molecule has 0 aliphatic carbocycles. The average molecular weight is 367 g/mol. The van der Waals surface area contributed by atoms with Crippen molar-refractivity contribution in [3.05, 3.63) is 54.6 Å². The van der Waals surface area contributed by atoms with E-state index in [9.17, 15) is 9.59 Å². The van der Waals surface area contributed by atoms with Crippen LogP contribution in [-0.2, 0) is 9.59 Å². The summed E-state index contributed by atoms with van der Waals surface area (Å²) in [5.74, 6) is -1.24. The molecule has 4 N–H and O–H groups in total. The zero-order valence-corrected chi connectivity index (χ0v) is 15.2. The zero-order chi connectivity index (χ0) is 19.1. The summed E-state index contributed by atoms with van der Waals surface area (Å²) in [4.78, 5) is 29.0. The topological polar surface area (TPSA) is 90.7 Å². The summed E-state index contributed by atoms with van der Waals surface area (Å²) in [5.41, 5.74) is 7.57. The fourth-order valence-corrected chi connectivity index (χ4v) is 3.02. The maximum Gasteiger partial charge on any atom is 0.320 e. The molecule has 7 nitrogen and oxygen atoms in total. The van der Waals surface area contributed by atoms with E-state index in [1.807, 2.05) is 18.2 Å². The zero-order valence-electron chi connectivity index (χ0n) is 15.2. The molecule has 1 heterocycles. The highest BCUT2D eigenvalue weighted by Gasteiger charge is 2.24. The Balaban J connectivity index is 1.68. The molecule has 2 aromatic rings. The van der Waals surface area contributed by atoms with E-state index in [0.29, 0.717) is 23.6 Å². The molecular weight excluding hydrogens is 342 g/mol. The number of nitrogens with two attached hydrogens (primary N) is 1. The first kappa shape index (κ1) is 18.9. The molecule has 1 fully saturated rings. The molecule has 0 aromatic heterocycles. The monoisotopic (exact) mass is 367 g/mol. The minimum Gasteiger partial charge on any atom is -0.399 e. The van der Waals surface area contributed by atoms with Gasteiger partial charge in [0.25, 0.3) is 0 Å². The summed E-state index contributed by atoms with van der Waals surface area (Å²) < 4.78 is 0. The van der Waals surface area contributed by atoms with Crippen LogP contribution in [0, 0.1) is 0 Å². The van der Waals surface area contributed by atoms with Gasteiger partial charge >= 0.3 is 11.8 Å². The number of anilines is 3. The van der Waals surface area contributed by atoms with Crippen molar-refractivity contribution in [2.24, 2.45) is 0 Å². The Kier molecular flexibility index (Phi) is 6.40. The van der Waals surface area contributed by atoms with Gasteiger partial charge in [-0.3, -0.25) is 19.4 Å². The van der Waals surface area contributed by atoms with E-state index in [-0.39, 0.29) is 0 Å². The van der Waals surface area contributed by atoms with Gasteiger partial charge in [-0.1, -0.05) is 18.2 Å². The Morgan fingerprint density at radius 3 is 2.30 bits per heavy atom. The van der Waals surface area contributed by atoms with Gasteiger partial charge in [-0.05, 0) is 36.4 Å². The number of para-hydroxylation sites is 1. The molecular formula is C20H25N5O2. The van der Waals surface area contributed by atoms with Crippen LogP contribution in [0.5, 0.6) is 0 Å². The molecule has 0 spiro atoms. The lowest BCUT2D eigenvalue weighted by Gasteiger charge is -2.27. The first-order valence-electron chi connectivity index (χ1n) is 9.11. The summed E-state index contributed by atoms with van der Waals surface area (Å²) >= 11 is 0. The fourth-order valence-electron chi connectivity index (χ4n) is 3.02. The van der Waals surface area contributed by atoms with Crippen LogP contribution in [0.1, 0.15) is 0 Å². The summed E-state index contributed by atoms with van der Waals surface area (Å²) in [7, 11) is 0. The highest BCUT2D eigenvalue weighted by atomic mass is 16.2. The number of nitrogens with zero attached hydrogens (tertiary/aromatic N) is 2. The van der Waals surface area contributed by atoms with Crippen LogP contribution in [0.4, 0.5) is 17.1 Å². The Morgan fingerprint density at radius 1 is 1.00 bits per heavy atom. The maximum atomic E-state index is 12.9. The van der Waals surface area contributed by atoms with Gasteiger partial charge in [0, 0.05) is 56.3 Å². The number of rotatable bonds is 5. The number of benzene rings is 2. The second-order valence-electron chi connectivity index (χ2n) is 6.42. The van der Waals surface area contributed by atoms with E-state index in [0.717, 1.165) is 32.7 Å². The molecule has 142 valence electrons. The van der Waals surface area contributed by atoms with Crippen LogP contribution < -0.4 is 21.3 Å². The van der Waals surface area contributed by atoms with Gasteiger partial charge in [0.2, 0.25) is 0 Å². The molecule has 0 saturated carbocycles. The molecule has 0 radical (unpaired) electrons. The van der Waals surface area contributed by atoms with E-state index in [1.165, 1.54) is 4.90 Å². The number of hydrogen-bond acceptors (Lipinski definition) is 5. The Hall–Kier alpha value is -2.90. The molecule has 0 unspecified atom stereocenters. The van der Waals surface area contributed by atoms with E-state index < -0.39 is 11.8 Å². The maximum absolute atomic E-state index is 12.9. The Morgan fingerprint density at radius 2 is 1.63 bits per heavy atom. The van der Waals surface area contributed by atoms with Crippen LogP contribution in [0.15, 0.2) is 54.6 Å². The quantitative estimate of drug-likeness (QED) is 0.541. The van der Waals surface area contributed by atoms with E-state index in [4.69, 9.17) is 5.73 Å². The summed E-state index contributed by atoms with van der Waals surface area (Å²) in [5, 5.41) is 6.03. The first-order chi connectivity index (χ1) is 13.1. The number of carbonyl (C=O) groups is 2. The number of nitrogens with one attached hydrogen (secondary N) is 2. The van der Waals surface area contributed by atoms with Crippen molar-refractivity contribution in [2.45, 2.75) is 0 Å². The first-order valence-corrected chi connectivity index (χ1v) is 9.11. The summed E-state index contributed by atoms with van der Waals surface area (Å²) in [6, 6.07) is 16.0. The van der Waals surface area contributed by atoms with Crippen molar-refractivity contribution in [3.8, 4) is 0 Å². The fraction of sp³-hybridized carbons (Fsp3) is 0.300. The number of nitrogen functional groups attached to an aromatic ring is 1. The molecule has 2 amide bonds. The van der Waals surface area contributed by atoms with Gasteiger partial charge in [-0.25, -0.2) is 0 Å². The van der Waals surface area contributed by atoms with Crippen LogP contribution in [0.2, 0.25) is 0 Å². The van der Waals surface area contributed by atoms with Crippen molar-refractivity contribution in [3.63, 3.8) is 0 Å². The minimum absolute atomic E-state index is 0.439. The molecule has 7 heteroatoms. The Labute approximate surface area is 159 Å². The third-order valence-electron chi connectivity index (χ3n) is 4.49. The normalized spacial score (nSPS) is 14.5. The van der Waals surface area contributed by atoms with E-state index in [1.54, 1.807) is 36.4 Å². The van der Waals surface area contributed by atoms with Gasteiger partial charge in [-0.15, -0.1) is 0 Å². The van der Waals surface area contributed by atoms with Crippen LogP contribution in [0.3, 0.4) is 0 Å². The smallest absolute Gasteiger partial charge is 0.320 e. The number of amides is 2. The second kappa shape index (κ2) is 9.16. The molecule has 3 rings (SSSR count). The second-order valence-corrected chi connectivity index (χ2v) is 6.42. The van der Waals surface area contributed by atoms with Crippen LogP contribution in [-0.4, -0.2) is 56.0 Å². The largest absolute Gasteiger partial charge is 0.399 e. The van der Waals surface area contributed by atoms with Crippen molar-refractivity contribution < 1.29 is 9.59 Å². The highest BCUT2D eigenvalue weighted by Crippen LogP contribution is 2.26. The van der Waals surface area contributed by atoms with E-state index in [2.05, 4.69) is 15.5 Å². The van der Waals surface area contributed by atoms with Gasteiger partial charge in [-0.2, -0.15) is 0 Å². The molecule has 1 aliphatic heterocycles. The lowest BCUT2D eigenvalue weighted by Crippen LogP contribution is -2.48. The summed E-state index contributed by atoms with van der Waals surface area (Å²) in [6.45, 7) is 4.97. The van der Waals surface area contributed by atoms with Crippen molar-refractivity contribution in [1.29, 1.82) is 0 Å². The van der Waals surface area contributed by atoms with Gasteiger partial charge < -0.3 is 16.4 Å². The molecule has 1 saturated heterocycles. The van der Waals surface area contributed by atoms with Crippen LogP contribution in [0.25, 0.3) is 0 Å². The number of carbonyl (C=O) groups excluding carboxylic acids is 2. The van der Waals surface area contributed by atoms with Crippen molar-refractivity contribution >= 4 is 28.9 Å². The predicted octanol–water partition coefficient (Wildman–Crippen LogP) is 0.955. The van der Waals surface area contributed by atoms with Crippen molar-refractivity contribution in [1.82, 2.24) is 15.5 Å². The number of hydrogen-bond donors (Lipinski definition) is 3. The lowest BCUT2D eigenvalue weighted by atomic mass is 10.2. The molecule has 2 aromatic carbocycles. The summed E-state index contributed by atoms with van der Waals surface area (Å²) in [6.07, 6.45) is 0. The molecule has 0 atom stereocenters. The SMILES string of the molecule is Nc1ccc(N(C(=O)C(=O)NCCN2CCNCC2)c2ccccc2)cc1. The lowest BCUT2D eigenvalue weighted by molar-refractivity contribution is -0.137. The third kappa shape index (κ3) is 5.06.